The van der Waals surface area contributed by atoms with Gasteiger partial charge in [0.25, 0.3) is 0 Å². The van der Waals surface area contributed by atoms with Crippen LogP contribution in [0.2, 0.25) is 0 Å². The molecule has 4 rings (SSSR count). The minimum absolute atomic E-state index is 0.183. The second-order valence-electron chi connectivity index (χ2n) is 7.07. The van der Waals surface area contributed by atoms with E-state index in [-0.39, 0.29) is 16.2 Å². The van der Waals surface area contributed by atoms with Crippen LogP contribution in [0.3, 0.4) is 0 Å². The normalized spacial score (nSPS) is 47.1. The average molecular weight is 242 g/mol. The van der Waals surface area contributed by atoms with Gasteiger partial charge < -0.3 is 5.11 Å². The van der Waals surface area contributed by atoms with Gasteiger partial charge in [-0.05, 0) is 35.7 Å². The fourth-order valence-electron chi connectivity index (χ4n) is 6.53. The van der Waals surface area contributed by atoms with E-state index in [1.54, 1.807) is 0 Å². The molecule has 0 amide bonds. The van der Waals surface area contributed by atoms with Gasteiger partial charge in [-0.3, -0.25) is 0 Å². The van der Waals surface area contributed by atoms with Crippen LogP contribution in [0, 0.1) is 22.7 Å². The molecule has 3 aliphatic carbocycles. The van der Waals surface area contributed by atoms with Crippen molar-refractivity contribution in [2.45, 2.75) is 38.5 Å². The smallest absolute Gasteiger partial charge is 0.0504 e. The van der Waals surface area contributed by atoms with Crippen LogP contribution in [0.15, 0.2) is 30.3 Å². The maximum atomic E-state index is 10.1. The average Bonchev–Trinajstić information content (AvgIpc) is 2.66. The van der Waals surface area contributed by atoms with Crippen LogP contribution in [0.25, 0.3) is 0 Å². The van der Waals surface area contributed by atoms with Gasteiger partial charge in [-0.2, -0.15) is 0 Å². The fraction of sp³-hybridized carbons (Fsp3) is 0.647. The molecule has 0 saturated heterocycles. The van der Waals surface area contributed by atoms with Crippen molar-refractivity contribution in [1.82, 2.24) is 0 Å². The van der Waals surface area contributed by atoms with Crippen molar-refractivity contribution in [1.29, 1.82) is 0 Å². The van der Waals surface area contributed by atoms with E-state index < -0.39 is 0 Å². The number of aliphatic hydroxyl groups is 1. The maximum absolute atomic E-state index is 10.1. The molecule has 0 heterocycles. The first kappa shape index (κ1) is 11.0. The molecule has 0 bridgehead atoms. The Bertz CT molecular complexity index is 492. The number of benzene rings is 1. The fourth-order valence-corrected chi connectivity index (χ4v) is 6.53. The summed E-state index contributed by atoms with van der Waals surface area (Å²) >= 11 is 0. The van der Waals surface area contributed by atoms with E-state index in [4.69, 9.17) is 0 Å². The van der Waals surface area contributed by atoms with E-state index >= 15 is 0 Å². The lowest BCUT2D eigenvalue weighted by atomic mass is 9.56. The van der Waals surface area contributed by atoms with Gasteiger partial charge >= 0.3 is 0 Å². The van der Waals surface area contributed by atoms with Crippen molar-refractivity contribution in [3.63, 3.8) is 0 Å². The van der Waals surface area contributed by atoms with E-state index in [2.05, 4.69) is 44.2 Å². The summed E-state index contributed by atoms with van der Waals surface area (Å²) in [6.45, 7) is 5.14. The second-order valence-corrected chi connectivity index (χ2v) is 7.07. The molecule has 1 N–H and O–H groups in total. The van der Waals surface area contributed by atoms with Crippen molar-refractivity contribution < 1.29 is 5.11 Å². The van der Waals surface area contributed by atoms with Crippen LogP contribution in [-0.2, 0) is 5.41 Å². The van der Waals surface area contributed by atoms with Crippen molar-refractivity contribution >= 4 is 0 Å². The molecule has 96 valence electrons. The molecule has 18 heavy (non-hydrogen) atoms. The molecule has 3 saturated carbocycles. The zero-order chi connectivity index (χ0) is 12.6. The lowest BCUT2D eigenvalue weighted by molar-refractivity contribution is 0.00537. The Morgan fingerprint density at radius 1 is 1.11 bits per heavy atom. The van der Waals surface area contributed by atoms with Crippen molar-refractivity contribution in [3.05, 3.63) is 35.9 Å². The zero-order valence-corrected chi connectivity index (χ0v) is 11.3. The van der Waals surface area contributed by atoms with Gasteiger partial charge in [-0.15, -0.1) is 0 Å². The minimum Gasteiger partial charge on any atom is -0.396 e. The minimum atomic E-state index is 0.183. The molecular weight excluding hydrogens is 220 g/mol. The monoisotopic (exact) mass is 242 g/mol. The lowest BCUT2D eigenvalue weighted by Crippen LogP contribution is -2.48. The Kier molecular flexibility index (Phi) is 1.85. The number of hydrogen-bond acceptors (Lipinski definition) is 1. The molecule has 0 aromatic heterocycles. The molecule has 1 aromatic carbocycles. The largest absolute Gasteiger partial charge is 0.396 e. The quantitative estimate of drug-likeness (QED) is 0.843. The topological polar surface area (TPSA) is 20.2 Å². The highest BCUT2D eigenvalue weighted by Gasteiger charge is 2.94. The first-order chi connectivity index (χ1) is 8.64. The van der Waals surface area contributed by atoms with Gasteiger partial charge in [0.2, 0.25) is 0 Å². The molecule has 0 spiro atoms. The Balaban J connectivity index is 1.90. The Morgan fingerprint density at radius 3 is 2.44 bits per heavy atom. The van der Waals surface area contributed by atoms with Crippen LogP contribution < -0.4 is 0 Å². The molecule has 1 aromatic rings. The summed E-state index contributed by atoms with van der Waals surface area (Å²) in [4.78, 5) is 0. The number of fused-ring (bicyclic) bond motifs is 4. The molecule has 0 unspecified atom stereocenters. The van der Waals surface area contributed by atoms with Crippen LogP contribution in [0.4, 0.5) is 0 Å². The molecule has 1 heteroatoms. The molecule has 4 atom stereocenters. The summed E-state index contributed by atoms with van der Waals surface area (Å²) in [7, 11) is 0. The summed E-state index contributed by atoms with van der Waals surface area (Å²) < 4.78 is 0. The summed E-state index contributed by atoms with van der Waals surface area (Å²) in [6, 6.07) is 11.0. The first-order valence-corrected chi connectivity index (χ1v) is 7.31. The predicted molar refractivity (Wildman–Crippen MR) is 72.3 cm³/mol. The van der Waals surface area contributed by atoms with Gasteiger partial charge in [0.05, 0.1) is 6.61 Å². The SMILES string of the molecule is CC1(C)[C@]2(c3ccccc3)[C@H]3CCC[C@H]3[C@]12CO. The highest BCUT2D eigenvalue weighted by Crippen LogP contribution is 2.94. The van der Waals surface area contributed by atoms with E-state index in [1.807, 2.05) is 0 Å². The highest BCUT2D eigenvalue weighted by atomic mass is 16.3. The Hall–Kier alpha value is -0.820. The van der Waals surface area contributed by atoms with E-state index in [1.165, 1.54) is 24.8 Å². The maximum Gasteiger partial charge on any atom is 0.0504 e. The summed E-state index contributed by atoms with van der Waals surface area (Å²) in [6.07, 6.45) is 4.07. The number of rotatable bonds is 2. The van der Waals surface area contributed by atoms with Gasteiger partial charge in [0, 0.05) is 10.8 Å². The molecule has 3 aliphatic rings. The third-order valence-corrected chi connectivity index (χ3v) is 6.93. The molecule has 0 radical (unpaired) electrons. The van der Waals surface area contributed by atoms with E-state index in [0.717, 1.165) is 11.8 Å². The standard InChI is InChI=1S/C17H22O/c1-15(2)16(11-18)13-9-6-10-14(13)17(15,16)12-7-4-3-5-8-12/h3-5,7-8,13-14,18H,6,9-11H2,1-2H3/t13-,14+,16-,17+/m1/s1. The summed E-state index contributed by atoms with van der Waals surface area (Å²) in [5, 5.41) is 10.1. The van der Waals surface area contributed by atoms with Gasteiger partial charge in [0.1, 0.15) is 0 Å². The van der Waals surface area contributed by atoms with Crippen LogP contribution >= 0.6 is 0 Å². The predicted octanol–water partition coefficient (Wildman–Crippen LogP) is 3.37. The van der Waals surface area contributed by atoms with Crippen molar-refractivity contribution in [2.75, 3.05) is 6.61 Å². The van der Waals surface area contributed by atoms with Crippen molar-refractivity contribution in [2.24, 2.45) is 22.7 Å². The third-order valence-electron chi connectivity index (χ3n) is 6.93. The molecule has 3 fully saturated rings. The lowest BCUT2D eigenvalue weighted by Gasteiger charge is -2.47. The summed E-state index contributed by atoms with van der Waals surface area (Å²) in [5.74, 6) is 1.60. The third kappa shape index (κ3) is 0.765. The highest BCUT2D eigenvalue weighted by molar-refractivity contribution is 5.54. The van der Waals surface area contributed by atoms with E-state index in [0.29, 0.717) is 6.61 Å². The Morgan fingerprint density at radius 2 is 1.78 bits per heavy atom. The second kappa shape index (κ2) is 3.01. The van der Waals surface area contributed by atoms with Crippen LogP contribution in [0.5, 0.6) is 0 Å². The molecule has 0 aliphatic heterocycles. The van der Waals surface area contributed by atoms with Crippen LogP contribution in [-0.4, -0.2) is 11.7 Å². The molecule has 1 nitrogen and oxygen atoms in total. The zero-order valence-electron chi connectivity index (χ0n) is 11.3. The Labute approximate surface area is 109 Å². The van der Waals surface area contributed by atoms with Crippen LogP contribution in [0.1, 0.15) is 38.7 Å². The van der Waals surface area contributed by atoms with Gasteiger partial charge in [0.15, 0.2) is 0 Å². The van der Waals surface area contributed by atoms with Gasteiger partial charge in [-0.25, -0.2) is 0 Å². The van der Waals surface area contributed by atoms with E-state index in [9.17, 15) is 5.11 Å². The first-order valence-electron chi connectivity index (χ1n) is 7.31. The number of aliphatic hydroxyl groups excluding tert-OH is 1. The summed E-state index contributed by atoms with van der Waals surface area (Å²) in [5.41, 5.74) is 2.21. The molecular formula is C17H22O. The van der Waals surface area contributed by atoms with Gasteiger partial charge in [-0.1, -0.05) is 50.6 Å². The number of hydrogen-bond donors (Lipinski definition) is 1. The van der Waals surface area contributed by atoms with Crippen molar-refractivity contribution in [3.8, 4) is 0 Å².